The zero-order valence-corrected chi connectivity index (χ0v) is 24.5. The lowest BCUT2D eigenvalue weighted by Gasteiger charge is -2.59. The largest absolute Gasteiger partial charge is 0.462 e. The number of hydrogen-bond donors (Lipinski definition) is 0. The van der Waals surface area contributed by atoms with E-state index in [1.54, 1.807) is 0 Å². The Morgan fingerprint density at radius 2 is 1.78 bits per heavy atom. The molecule has 1 heterocycles. The molecule has 5 aliphatic rings. The molecule has 4 aliphatic carbocycles. The Hall–Kier alpha value is -0.570. The predicted octanol–water partition coefficient (Wildman–Crippen LogP) is 8.73. The molecule has 0 aromatic rings. The van der Waals surface area contributed by atoms with E-state index in [0.29, 0.717) is 17.9 Å². The van der Waals surface area contributed by atoms with Crippen LogP contribution in [0.5, 0.6) is 0 Å². The van der Waals surface area contributed by atoms with Gasteiger partial charge in [-0.2, -0.15) is 0 Å². The molecule has 36 heavy (non-hydrogen) atoms. The van der Waals surface area contributed by atoms with Crippen LogP contribution in [0.15, 0.2) is 0 Å². The van der Waals surface area contributed by atoms with E-state index in [1.807, 2.05) is 0 Å². The van der Waals surface area contributed by atoms with Crippen molar-refractivity contribution in [2.24, 2.45) is 46.3 Å². The van der Waals surface area contributed by atoms with E-state index in [4.69, 9.17) is 9.47 Å². The van der Waals surface area contributed by atoms with Gasteiger partial charge in [0.05, 0.1) is 6.10 Å². The van der Waals surface area contributed by atoms with Crippen molar-refractivity contribution in [1.29, 1.82) is 0 Å². The highest BCUT2D eigenvalue weighted by Gasteiger charge is 2.76. The fourth-order valence-corrected chi connectivity index (χ4v) is 10.5. The first-order valence-electron chi connectivity index (χ1n) is 16.0. The van der Waals surface area contributed by atoms with Crippen molar-refractivity contribution in [2.45, 2.75) is 156 Å². The van der Waals surface area contributed by atoms with Crippen LogP contribution < -0.4 is 0 Å². The Morgan fingerprint density at radius 1 is 0.972 bits per heavy atom. The van der Waals surface area contributed by atoms with E-state index < -0.39 is 0 Å². The Morgan fingerprint density at radius 3 is 2.53 bits per heavy atom. The van der Waals surface area contributed by atoms with E-state index in [0.717, 1.165) is 67.6 Å². The van der Waals surface area contributed by atoms with Crippen molar-refractivity contribution in [3.63, 3.8) is 0 Å². The fraction of sp³-hybridized carbons (Fsp3) is 0.970. The van der Waals surface area contributed by atoms with Crippen LogP contribution in [-0.2, 0) is 14.3 Å². The molecule has 4 saturated carbocycles. The van der Waals surface area contributed by atoms with Crippen molar-refractivity contribution < 1.29 is 14.3 Å². The van der Waals surface area contributed by atoms with E-state index >= 15 is 0 Å². The smallest absolute Gasteiger partial charge is 0.306 e. The van der Waals surface area contributed by atoms with Crippen LogP contribution in [0.25, 0.3) is 0 Å². The number of esters is 1. The molecule has 10 atom stereocenters. The van der Waals surface area contributed by atoms with E-state index in [2.05, 4.69) is 41.5 Å². The van der Waals surface area contributed by atoms with Gasteiger partial charge in [0.25, 0.3) is 0 Å². The maximum atomic E-state index is 12.5. The Balaban J connectivity index is 1.23. The highest BCUT2D eigenvalue weighted by Crippen LogP contribution is 2.74. The molecule has 0 unspecified atom stereocenters. The molecular formula is C33H56O3. The second kappa shape index (κ2) is 10.2. The van der Waals surface area contributed by atoms with E-state index in [-0.39, 0.29) is 23.1 Å². The molecule has 5 rings (SSSR count). The molecule has 0 aromatic heterocycles. The summed E-state index contributed by atoms with van der Waals surface area (Å²) in [4.78, 5) is 12.5. The zero-order chi connectivity index (χ0) is 25.7. The van der Waals surface area contributed by atoms with Crippen LogP contribution in [-0.4, -0.2) is 23.8 Å². The summed E-state index contributed by atoms with van der Waals surface area (Å²) in [5.41, 5.74) is 0.805. The summed E-state index contributed by atoms with van der Waals surface area (Å²) in [6, 6.07) is 0. The van der Waals surface area contributed by atoms with Gasteiger partial charge < -0.3 is 9.47 Å². The maximum Gasteiger partial charge on any atom is 0.306 e. The molecule has 0 N–H and O–H groups in total. The Bertz CT molecular complexity index is 792. The molecule has 1 aliphatic heterocycles. The lowest BCUT2D eigenvalue weighted by molar-refractivity contribution is -0.160. The molecule has 3 heteroatoms. The molecule has 1 spiro atoms. The van der Waals surface area contributed by atoms with Gasteiger partial charge in [0.15, 0.2) is 0 Å². The second-order valence-corrected chi connectivity index (χ2v) is 14.9. The highest BCUT2D eigenvalue weighted by molar-refractivity contribution is 5.69. The normalized spacial score (nSPS) is 45.9. The van der Waals surface area contributed by atoms with Crippen LogP contribution >= 0.6 is 0 Å². The first-order valence-corrected chi connectivity index (χ1v) is 16.0. The van der Waals surface area contributed by atoms with Crippen molar-refractivity contribution in [3.05, 3.63) is 0 Å². The summed E-state index contributed by atoms with van der Waals surface area (Å²) in [5, 5.41) is 0. The molecule has 206 valence electrons. The highest BCUT2D eigenvalue weighted by atomic mass is 16.6. The van der Waals surface area contributed by atoms with E-state index in [1.165, 1.54) is 57.8 Å². The Kier molecular flexibility index (Phi) is 7.65. The van der Waals surface area contributed by atoms with Crippen LogP contribution in [0.2, 0.25) is 0 Å². The maximum absolute atomic E-state index is 12.5. The quantitative estimate of drug-likeness (QED) is 0.171. The third-order valence-corrected chi connectivity index (χ3v) is 12.5. The molecule has 1 saturated heterocycles. The molecule has 5 fully saturated rings. The first kappa shape index (κ1) is 27.0. The van der Waals surface area contributed by atoms with Gasteiger partial charge in [-0.3, -0.25) is 4.79 Å². The van der Waals surface area contributed by atoms with Gasteiger partial charge in [-0.25, -0.2) is 0 Å². The molecule has 0 amide bonds. The van der Waals surface area contributed by atoms with Gasteiger partial charge >= 0.3 is 5.97 Å². The summed E-state index contributed by atoms with van der Waals surface area (Å²) in [5.74, 6) is 5.17. The third-order valence-electron chi connectivity index (χ3n) is 12.5. The van der Waals surface area contributed by atoms with Crippen molar-refractivity contribution in [3.8, 4) is 0 Å². The molecular weight excluding hydrogens is 444 g/mol. The summed E-state index contributed by atoms with van der Waals surface area (Å²) >= 11 is 0. The SMILES string of the molecule is CCCCCC(=O)O[C@H]1CC[C@]2(C)[C@H]3CC[C@]4(C)[C@@H]([C@H](C)CCCC(C)C)CC[C@H]4[C@@H]3C[C@H]3O[C@]32C1. The molecule has 0 bridgehead atoms. The number of carbonyl (C=O) groups excluding carboxylic acids is 1. The summed E-state index contributed by atoms with van der Waals surface area (Å²) in [6.07, 6.45) is 18.7. The predicted molar refractivity (Wildman–Crippen MR) is 147 cm³/mol. The van der Waals surface area contributed by atoms with Gasteiger partial charge in [-0.15, -0.1) is 0 Å². The molecule has 3 nitrogen and oxygen atoms in total. The lowest BCUT2D eigenvalue weighted by Crippen LogP contribution is -2.59. The van der Waals surface area contributed by atoms with Gasteiger partial charge in [0.1, 0.15) is 11.7 Å². The fourth-order valence-electron chi connectivity index (χ4n) is 10.5. The summed E-state index contributed by atoms with van der Waals surface area (Å²) < 4.78 is 12.7. The standard InChI is InChI=1S/C33H56O3/c1-7-8-9-13-30(34)35-24-16-19-32(6)28-17-18-31(5)26(23(4)12-10-11-22(2)3)14-15-27(31)25(28)20-29-33(32,21-24)36-29/h22-29H,7-21H2,1-6H3/t23-,24+,25+,26-,27+,28+,29-,31-,32-,33-/m1/s1. The van der Waals surface area contributed by atoms with Crippen molar-refractivity contribution >= 4 is 5.97 Å². The van der Waals surface area contributed by atoms with Crippen molar-refractivity contribution in [2.75, 3.05) is 0 Å². The number of carbonyl (C=O) groups is 1. The van der Waals surface area contributed by atoms with Gasteiger partial charge in [-0.05, 0) is 92.3 Å². The molecule has 0 radical (unpaired) electrons. The number of hydrogen-bond acceptors (Lipinski definition) is 3. The average Bonchev–Trinajstić information content (AvgIpc) is 3.40. The number of rotatable bonds is 10. The monoisotopic (exact) mass is 500 g/mol. The van der Waals surface area contributed by atoms with Crippen LogP contribution in [0.4, 0.5) is 0 Å². The van der Waals surface area contributed by atoms with Gasteiger partial charge in [0, 0.05) is 18.3 Å². The number of ether oxygens (including phenoxy) is 2. The topological polar surface area (TPSA) is 38.8 Å². The van der Waals surface area contributed by atoms with Crippen LogP contribution in [0, 0.1) is 46.3 Å². The third kappa shape index (κ3) is 4.50. The minimum Gasteiger partial charge on any atom is -0.462 e. The van der Waals surface area contributed by atoms with Gasteiger partial charge in [0.2, 0.25) is 0 Å². The minimum atomic E-state index is -0.00331. The van der Waals surface area contributed by atoms with Crippen LogP contribution in [0.3, 0.4) is 0 Å². The number of fused-ring (bicyclic) bond motifs is 4. The second-order valence-electron chi connectivity index (χ2n) is 14.9. The van der Waals surface area contributed by atoms with Gasteiger partial charge in [-0.1, -0.05) is 73.6 Å². The number of unbranched alkanes of at least 4 members (excludes halogenated alkanes) is 2. The van der Waals surface area contributed by atoms with Crippen LogP contribution in [0.1, 0.15) is 138 Å². The number of epoxide rings is 1. The zero-order valence-electron chi connectivity index (χ0n) is 24.5. The minimum absolute atomic E-state index is 0.00331. The van der Waals surface area contributed by atoms with Crippen molar-refractivity contribution in [1.82, 2.24) is 0 Å². The summed E-state index contributed by atoms with van der Waals surface area (Å²) in [7, 11) is 0. The molecule has 0 aromatic carbocycles. The first-order chi connectivity index (χ1) is 17.1. The average molecular weight is 501 g/mol. The van der Waals surface area contributed by atoms with E-state index in [9.17, 15) is 4.79 Å². The lowest BCUT2D eigenvalue weighted by atomic mass is 9.44. The Labute approximate surface area is 222 Å². The summed E-state index contributed by atoms with van der Waals surface area (Å²) in [6.45, 7) is 14.8.